The number of amides is 1. The van der Waals surface area contributed by atoms with E-state index in [4.69, 9.17) is 4.74 Å². The maximum Gasteiger partial charge on any atom is 0.271 e. The molecule has 0 radical (unpaired) electrons. The van der Waals surface area contributed by atoms with Gasteiger partial charge in [0.1, 0.15) is 4.70 Å². The summed E-state index contributed by atoms with van der Waals surface area (Å²) >= 11 is 2.63. The molecule has 1 aliphatic heterocycles. The normalized spacial score (nSPS) is 14.4. The predicted molar refractivity (Wildman–Crippen MR) is 114 cm³/mol. The average Bonchev–Trinajstić information content (AvgIpc) is 3.19. The van der Waals surface area contributed by atoms with Gasteiger partial charge in [-0.05, 0) is 35.7 Å². The molecule has 4 rings (SSSR count). The van der Waals surface area contributed by atoms with E-state index in [0.717, 1.165) is 37.7 Å². The van der Waals surface area contributed by atoms with Crippen LogP contribution >= 0.6 is 23.1 Å². The number of thiophene rings is 1. The van der Waals surface area contributed by atoms with Crippen molar-refractivity contribution in [1.82, 2.24) is 9.55 Å². The van der Waals surface area contributed by atoms with Gasteiger partial charge in [0.15, 0.2) is 5.16 Å². The number of nitrogens with zero attached hydrogens (tertiary/aromatic N) is 3. The number of thioether (sulfide) groups is 1. The Bertz CT molecular complexity index is 1040. The van der Waals surface area contributed by atoms with Crippen LogP contribution in [0.2, 0.25) is 0 Å². The Balaban J connectivity index is 1.37. The number of anilines is 2. The Kier molecular flexibility index (Phi) is 5.65. The number of ether oxygens (including phenoxy) is 1. The predicted octanol–water partition coefficient (Wildman–Crippen LogP) is 2.56. The number of fused-ring (bicyclic) bond motifs is 1. The monoisotopic (exact) mass is 416 g/mol. The summed E-state index contributed by atoms with van der Waals surface area (Å²) in [6.07, 6.45) is 0. The van der Waals surface area contributed by atoms with Crippen LogP contribution in [-0.2, 0) is 16.6 Å². The van der Waals surface area contributed by atoms with Crippen LogP contribution in [0.25, 0.3) is 10.2 Å². The zero-order valence-corrected chi connectivity index (χ0v) is 17.0. The van der Waals surface area contributed by atoms with Crippen molar-refractivity contribution < 1.29 is 9.53 Å². The molecule has 1 aromatic carbocycles. The van der Waals surface area contributed by atoms with Crippen LogP contribution < -0.4 is 15.8 Å². The summed E-state index contributed by atoms with van der Waals surface area (Å²) in [5.41, 5.74) is 2.47. The molecule has 0 bridgehead atoms. The third-order valence-corrected chi connectivity index (χ3v) is 6.43. The number of carbonyl (C=O) groups is 1. The maximum absolute atomic E-state index is 12.3. The topological polar surface area (TPSA) is 76.5 Å². The number of nitrogens with one attached hydrogen (secondary N) is 1. The molecule has 0 atom stereocenters. The van der Waals surface area contributed by atoms with E-state index in [2.05, 4.69) is 15.2 Å². The molecule has 0 saturated carbocycles. The van der Waals surface area contributed by atoms with Gasteiger partial charge in [0.2, 0.25) is 5.91 Å². The van der Waals surface area contributed by atoms with Crippen molar-refractivity contribution in [3.05, 3.63) is 46.1 Å². The lowest BCUT2D eigenvalue weighted by Gasteiger charge is -2.28. The molecular weight excluding hydrogens is 396 g/mol. The van der Waals surface area contributed by atoms with E-state index < -0.39 is 0 Å². The first kappa shape index (κ1) is 19.0. The highest BCUT2D eigenvalue weighted by Crippen LogP contribution is 2.21. The third kappa shape index (κ3) is 4.06. The molecule has 1 aliphatic rings. The Hall–Kier alpha value is -2.36. The fraction of sp³-hybridized carbons (Fsp3) is 0.316. The van der Waals surface area contributed by atoms with Crippen LogP contribution in [0, 0.1) is 0 Å². The smallest absolute Gasteiger partial charge is 0.271 e. The molecule has 0 unspecified atom stereocenters. The number of carbonyl (C=O) groups excluding carboxylic acids is 1. The SMILES string of the molecule is Cn1c(SCC(=O)Nc2ccc(N3CCOCC3)cc2)nc2ccsc2c1=O. The molecule has 28 heavy (non-hydrogen) atoms. The molecule has 1 N–H and O–H groups in total. The lowest BCUT2D eigenvalue weighted by molar-refractivity contribution is -0.113. The van der Waals surface area contributed by atoms with Crippen molar-refractivity contribution in [2.24, 2.45) is 7.05 Å². The van der Waals surface area contributed by atoms with Crippen molar-refractivity contribution in [3.63, 3.8) is 0 Å². The van der Waals surface area contributed by atoms with Crippen molar-refractivity contribution in [2.45, 2.75) is 5.16 Å². The van der Waals surface area contributed by atoms with Gasteiger partial charge in [0.05, 0.1) is 24.5 Å². The second-order valence-corrected chi connectivity index (χ2v) is 8.24. The first-order valence-electron chi connectivity index (χ1n) is 8.91. The van der Waals surface area contributed by atoms with Gasteiger partial charge in [0, 0.05) is 31.5 Å². The van der Waals surface area contributed by atoms with E-state index in [1.165, 1.54) is 27.7 Å². The third-order valence-electron chi connectivity index (χ3n) is 4.51. The van der Waals surface area contributed by atoms with Crippen LogP contribution in [0.1, 0.15) is 0 Å². The van der Waals surface area contributed by atoms with Crippen LogP contribution in [0.15, 0.2) is 45.7 Å². The van der Waals surface area contributed by atoms with E-state index in [1.807, 2.05) is 35.7 Å². The van der Waals surface area contributed by atoms with Crippen LogP contribution in [0.3, 0.4) is 0 Å². The standard InChI is InChI=1S/C19H20N4O3S2/c1-22-18(25)17-15(6-11-27-17)21-19(22)28-12-16(24)20-13-2-4-14(5-3-13)23-7-9-26-10-8-23/h2-6,11H,7-10,12H2,1H3,(H,20,24). The van der Waals surface area contributed by atoms with Crippen molar-refractivity contribution >= 4 is 50.6 Å². The molecule has 1 amide bonds. The van der Waals surface area contributed by atoms with Gasteiger partial charge in [0.25, 0.3) is 5.56 Å². The fourth-order valence-electron chi connectivity index (χ4n) is 3.00. The highest BCUT2D eigenvalue weighted by molar-refractivity contribution is 7.99. The average molecular weight is 417 g/mol. The molecule has 0 aliphatic carbocycles. The summed E-state index contributed by atoms with van der Waals surface area (Å²) in [5.74, 6) is 0.0463. The number of benzene rings is 1. The van der Waals surface area contributed by atoms with Crippen LogP contribution in [0.5, 0.6) is 0 Å². The van der Waals surface area contributed by atoms with Crippen molar-refractivity contribution in [1.29, 1.82) is 0 Å². The minimum atomic E-state index is -0.135. The number of hydrogen-bond donors (Lipinski definition) is 1. The van der Waals surface area contributed by atoms with Crippen LogP contribution in [-0.4, -0.2) is 47.5 Å². The molecule has 146 valence electrons. The Labute approximate surface area is 170 Å². The van der Waals surface area contributed by atoms with Crippen molar-refractivity contribution in [3.8, 4) is 0 Å². The summed E-state index contributed by atoms with van der Waals surface area (Å²) in [7, 11) is 1.68. The van der Waals surface area contributed by atoms with Gasteiger partial charge >= 0.3 is 0 Å². The molecule has 1 saturated heterocycles. The zero-order valence-electron chi connectivity index (χ0n) is 15.4. The second-order valence-electron chi connectivity index (χ2n) is 6.38. The van der Waals surface area contributed by atoms with E-state index in [9.17, 15) is 9.59 Å². The lowest BCUT2D eigenvalue weighted by Crippen LogP contribution is -2.36. The molecule has 3 aromatic rings. The zero-order chi connectivity index (χ0) is 19.5. The molecule has 3 heterocycles. The van der Waals surface area contributed by atoms with Gasteiger partial charge in [-0.1, -0.05) is 11.8 Å². The quantitative estimate of drug-likeness (QED) is 0.509. The van der Waals surface area contributed by atoms with E-state index in [1.54, 1.807) is 7.05 Å². The fourth-order valence-corrected chi connectivity index (χ4v) is 4.58. The molecule has 1 fully saturated rings. The van der Waals surface area contributed by atoms with Gasteiger partial charge in [-0.15, -0.1) is 11.3 Å². The number of hydrogen-bond acceptors (Lipinski definition) is 7. The minimum Gasteiger partial charge on any atom is -0.378 e. The van der Waals surface area contributed by atoms with Crippen LogP contribution in [0.4, 0.5) is 11.4 Å². The van der Waals surface area contributed by atoms with Gasteiger partial charge < -0.3 is 15.0 Å². The van der Waals surface area contributed by atoms with Gasteiger partial charge in [-0.2, -0.15) is 0 Å². The van der Waals surface area contributed by atoms with E-state index in [-0.39, 0.29) is 17.2 Å². The highest BCUT2D eigenvalue weighted by Gasteiger charge is 2.13. The summed E-state index contributed by atoms with van der Waals surface area (Å²) in [4.78, 5) is 31.4. The lowest BCUT2D eigenvalue weighted by atomic mass is 10.2. The summed E-state index contributed by atoms with van der Waals surface area (Å²) < 4.78 is 7.50. The number of morpholine rings is 1. The van der Waals surface area contributed by atoms with Gasteiger partial charge in [-0.3, -0.25) is 14.2 Å². The molecule has 9 heteroatoms. The summed E-state index contributed by atoms with van der Waals surface area (Å²) in [5, 5.41) is 5.28. The first-order chi connectivity index (χ1) is 13.6. The van der Waals surface area contributed by atoms with Gasteiger partial charge in [-0.25, -0.2) is 4.98 Å². The van der Waals surface area contributed by atoms with E-state index in [0.29, 0.717) is 15.4 Å². The number of rotatable bonds is 5. The Morgan fingerprint density at radius 2 is 2.00 bits per heavy atom. The Morgan fingerprint density at radius 1 is 1.25 bits per heavy atom. The largest absolute Gasteiger partial charge is 0.378 e. The summed E-state index contributed by atoms with van der Waals surface area (Å²) in [6, 6.07) is 9.63. The minimum absolute atomic E-state index is 0.0818. The highest BCUT2D eigenvalue weighted by atomic mass is 32.2. The van der Waals surface area contributed by atoms with Crippen molar-refractivity contribution in [2.75, 3.05) is 42.3 Å². The summed E-state index contributed by atoms with van der Waals surface area (Å²) in [6.45, 7) is 3.23. The number of aromatic nitrogens is 2. The maximum atomic E-state index is 12.3. The molecule has 7 nitrogen and oxygen atoms in total. The Morgan fingerprint density at radius 3 is 2.75 bits per heavy atom. The molecular formula is C19H20N4O3S2. The second kappa shape index (κ2) is 8.34. The van der Waals surface area contributed by atoms with E-state index >= 15 is 0 Å². The molecule has 2 aromatic heterocycles. The molecule has 0 spiro atoms. The first-order valence-corrected chi connectivity index (χ1v) is 10.8.